The second kappa shape index (κ2) is 2.62. The number of aliphatic hydroxyl groups excluding tert-OH is 1. The summed E-state index contributed by atoms with van der Waals surface area (Å²) in [5.74, 6) is -0.0834. The fraction of sp³-hybridized carbons (Fsp3) is 0.100. The predicted octanol–water partition coefficient (Wildman–Crippen LogP) is 1.82. The molecule has 1 amide bonds. The molecule has 1 aliphatic heterocycles. The van der Waals surface area contributed by atoms with Crippen LogP contribution in [0, 0.1) is 0 Å². The number of para-hydroxylation sites is 1. The lowest BCUT2D eigenvalue weighted by molar-refractivity contribution is -0.117. The number of amides is 1. The second-order valence-electron chi connectivity index (χ2n) is 2.92. The molecule has 1 aromatic carbocycles. The summed E-state index contributed by atoms with van der Waals surface area (Å²) in [6.07, 6.45) is 0. The van der Waals surface area contributed by atoms with Crippen LogP contribution in [-0.4, -0.2) is 11.0 Å². The quantitative estimate of drug-likeness (QED) is 0.707. The third kappa shape index (κ3) is 1.01. The van der Waals surface area contributed by atoms with E-state index in [-0.39, 0.29) is 11.8 Å². The highest BCUT2D eigenvalue weighted by molar-refractivity contribution is 6.14. The fourth-order valence-electron chi connectivity index (χ4n) is 1.29. The second-order valence-corrected chi connectivity index (χ2v) is 2.92. The maximum atomic E-state index is 11.3. The Morgan fingerprint density at radius 3 is 2.38 bits per heavy atom. The average molecular weight is 175 g/mol. The minimum absolute atomic E-state index is 0.0520. The number of carbonyl (C=O) groups excluding carboxylic acids is 1. The molecule has 1 heterocycles. The Labute approximate surface area is 75.9 Å². The monoisotopic (exact) mass is 175 g/mol. The van der Waals surface area contributed by atoms with E-state index in [1.54, 1.807) is 19.1 Å². The van der Waals surface area contributed by atoms with Gasteiger partial charge in [-0.25, -0.2) is 4.90 Å². The molecule has 0 unspecified atom stereocenters. The molecule has 13 heavy (non-hydrogen) atoms. The summed E-state index contributed by atoms with van der Waals surface area (Å²) >= 11 is 0. The Balaban J connectivity index is 2.38. The molecule has 0 atom stereocenters. The molecular formula is C10H9NO2. The van der Waals surface area contributed by atoms with E-state index in [2.05, 4.69) is 0 Å². The maximum Gasteiger partial charge on any atom is 0.266 e. The summed E-state index contributed by atoms with van der Waals surface area (Å²) in [7, 11) is 0. The van der Waals surface area contributed by atoms with Crippen LogP contribution in [0.3, 0.4) is 0 Å². The SMILES string of the molecule is CC1=C(O)N(c2ccccc2)C1=O. The van der Waals surface area contributed by atoms with Gasteiger partial charge >= 0.3 is 0 Å². The molecule has 66 valence electrons. The van der Waals surface area contributed by atoms with Crippen LogP contribution in [0.4, 0.5) is 5.69 Å². The lowest BCUT2D eigenvalue weighted by atomic mass is 10.1. The molecule has 0 radical (unpaired) electrons. The van der Waals surface area contributed by atoms with Crippen LogP contribution in [0.25, 0.3) is 0 Å². The van der Waals surface area contributed by atoms with E-state index >= 15 is 0 Å². The van der Waals surface area contributed by atoms with Crippen LogP contribution in [0.15, 0.2) is 41.8 Å². The van der Waals surface area contributed by atoms with Gasteiger partial charge in [-0.3, -0.25) is 4.79 Å². The third-order valence-electron chi connectivity index (χ3n) is 2.09. The molecule has 1 aliphatic rings. The van der Waals surface area contributed by atoms with Crippen molar-refractivity contribution in [3.05, 3.63) is 41.8 Å². The zero-order valence-corrected chi connectivity index (χ0v) is 7.19. The van der Waals surface area contributed by atoms with Gasteiger partial charge in [-0.1, -0.05) is 18.2 Å². The lowest BCUT2D eigenvalue weighted by Gasteiger charge is -2.30. The number of benzene rings is 1. The number of aliphatic hydroxyl groups is 1. The van der Waals surface area contributed by atoms with Crippen LogP contribution < -0.4 is 4.90 Å². The number of anilines is 1. The number of rotatable bonds is 1. The van der Waals surface area contributed by atoms with Gasteiger partial charge in [0.05, 0.1) is 11.3 Å². The zero-order chi connectivity index (χ0) is 9.42. The van der Waals surface area contributed by atoms with Crippen LogP contribution in [-0.2, 0) is 4.79 Å². The number of hydrogen-bond donors (Lipinski definition) is 1. The standard InChI is InChI=1S/C10H9NO2/c1-7-9(12)11(10(7)13)8-5-3-2-4-6-8/h2-6,12H,1H3. The normalized spacial score (nSPS) is 16.1. The minimum Gasteiger partial charge on any atom is -0.494 e. The van der Waals surface area contributed by atoms with Crippen LogP contribution >= 0.6 is 0 Å². The average Bonchev–Trinajstić information content (AvgIpc) is 2.19. The predicted molar refractivity (Wildman–Crippen MR) is 49.3 cm³/mol. The van der Waals surface area contributed by atoms with Crippen LogP contribution in [0.1, 0.15) is 6.92 Å². The highest BCUT2D eigenvalue weighted by Gasteiger charge is 2.34. The highest BCUT2D eigenvalue weighted by atomic mass is 16.3. The number of nitrogens with zero attached hydrogens (tertiary/aromatic N) is 1. The Kier molecular flexibility index (Phi) is 1.59. The molecule has 1 aromatic rings. The van der Waals surface area contributed by atoms with E-state index in [1.165, 1.54) is 4.90 Å². The smallest absolute Gasteiger partial charge is 0.266 e. The van der Waals surface area contributed by atoms with Gasteiger partial charge in [-0.15, -0.1) is 0 Å². The van der Waals surface area contributed by atoms with E-state index < -0.39 is 0 Å². The molecule has 0 fully saturated rings. The molecule has 0 bridgehead atoms. The van der Waals surface area contributed by atoms with Gasteiger partial charge < -0.3 is 5.11 Å². The summed E-state index contributed by atoms with van der Waals surface area (Å²) in [5, 5.41) is 9.38. The largest absolute Gasteiger partial charge is 0.494 e. The maximum absolute atomic E-state index is 11.3. The molecule has 0 spiro atoms. The Bertz CT molecular complexity index is 381. The van der Waals surface area contributed by atoms with E-state index in [4.69, 9.17) is 0 Å². The van der Waals surface area contributed by atoms with Crippen molar-refractivity contribution in [1.29, 1.82) is 0 Å². The zero-order valence-electron chi connectivity index (χ0n) is 7.19. The summed E-state index contributed by atoms with van der Waals surface area (Å²) < 4.78 is 0. The van der Waals surface area contributed by atoms with Crippen molar-refractivity contribution >= 4 is 11.6 Å². The molecule has 3 nitrogen and oxygen atoms in total. The van der Waals surface area contributed by atoms with Crippen molar-refractivity contribution in [3.63, 3.8) is 0 Å². The molecule has 2 rings (SSSR count). The summed E-state index contributed by atoms with van der Waals surface area (Å²) in [6.45, 7) is 1.61. The minimum atomic E-state index is -0.135. The van der Waals surface area contributed by atoms with Gasteiger partial charge in [0.25, 0.3) is 5.91 Å². The molecule has 0 aromatic heterocycles. The van der Waals surface area contributed by atoms with Crippen LogP contribution in [0.2, 0.25) is 0 Å². The Hall–Kier alpha value is -1.77. The van der Waals surface area contributed by atoms with Gasteiger partial charge in [-0.05, 0) is 19.1 Å². The van der Waals surface area contributed by atoms with Crippen molar-refractivity contribution in [2.24, 2.45) is 0 Å². The summed E-state index contributed by atoms with van der Waals surface area (Å²) in [4.78, 5) is 12.6. The van der Waals surface area contributed by atoms with Crippen molar-refractivity contribution in [1.82, 2.24) is 0 Å². The third-order valence-corrected chi connectivity index (χ3v) is 2.09. The summed E-state index contributed by atoms with van der Waals surface area (Å²) in [6, 6.07) is 9.07. The lowest BCUT2D eigenvalue weighted by Crippen LogP contribution is -2.41. The van der Waals surface area contributed by atoms with E-state index in [0.29, 0.717) is 11.3 Å². The van der Waals surface area contributed by atoms with E-state index in [9.17, 15) is 9.90 Å². The van der Waals surface area contributed by atoms with Gasteiger partial charge in [0.2, 0.25) is 5.88 Å². The molecule has 0 saturated heterocycles. The first kappa shape index (κ1) is 7.86. The first-order valence-corrected chi connectivity index (χ1v) is 4.01. The molecular weight excluding hydrogens is 166 g/mol. The van der Waals surface area contributed by atoms with Crippen LogP contribution in [0.5, 0.6) is 0 Å². The van der Waals surface area contributed by atoms with Gasteiger partial charge in [-0.2, -0.15) is 0 Å². The topological polar surface area (TPSA) is 40.5 Å². The Morgan fingerprint density at radius 1 is 1.23 bits per heavy atom. The molecule has 1 N–H and O–H groups in total. The van der Waals surface area contributed by atoms with E-state index in [1.807, 2.05) is 18.2 Å². The van der Waals surface area contributed by atoms with Crippen molar-refractivity contribution < 1.29 is 9.90 Å². The summed E-state index contributed by atoms with van der Waals surface area (Å²) in [5.41, 5.74) is 1.12. The van der Waals surface area contributed by atoms with Gasteiger partial charge in [0, 0.05) is 0 Å². The van der Waals surface area contributed by atoms with Gasteiger partial charge in [0.15, 0.2) is 0 Å². The van der Waals surface area contributed by atoms with Crippen molar-refractivity contribution in [3.8, 4) is 0 Å². The molecule has 3 heteroatoms. The van der Waals surface area contributed by atoms with Gasteiger partial charge in [0.1, 0.15) is 0 Å². The number of hydrogen-bond acceptors (Lipinski definition) is 2. The van der Waals surface area contributed by atoms with Crippen molar-refractivity contribution in [2.45, 2.75) is 6.92 Å². The molecule has 0 saturated carbocycles. The van der Waals surface area contributed by atoms with Crippen molar-refractivity contribution in [2.75, 3.05) is 4.90 Å². The first-order valence-electron chi connectivity index (χ1n) is 4.01. The first-order chi connectivity index (χ1) is 6.22. The fourth-order valence-corrected chi connectivity index (χ4v) is 1.29. The Morgan fingerprint density at radius 2 is 1.85 bits per heavy atom. The molecule has 0 aliphatic carbocycles. The highest BCUT2D eigenvalue weighted by Crippen LogP contribution is 2.28. The van der Waals surface area contributed by atoms with E-state index in [0.717, 1.165) is 0 Å². The number of carbonyl (C=O) groups is 1.